The first-order chi connectivity index (χ1) is 12.5. The van der Waals surface area contributed by atoms with Crippen molar-refractivity contribution in [3.05, 3.63) is 77.6 Å². The Morgan fingerprint density at radius 3 is 2.46 bits per heavy atom. The maximum atomic E-state index is 12.6. The van der Waals surface area contributed by atoms with Crippen LogP contribution >= 0.6 is 0 Å². The standard InChI is InChI=1S/C20H20N4O2/c1-14-18(13-21-24(14)17-10-5-4-6-11-17)19(25)22-16-9-7-8-15(12-16)20(26)23(2)3/h4-13H,1-3H3,(H,22,25). The highest BCUT2D eigenvalue weighted by Crippen LogP contribution is 2.17. The first-order valence-corrected chi connectivity index (χ1v) is 8.20. The molecule has 1 aromatic heterocycles. The van der Waals surface area contributed by atoms with Gasteiger partial charge in [-0.05, 0) is 37.3 Å². The van der Waals surface area contributed by atoms with Crippen molar-refractivity contribution in [3.63, 3.8) is 0 Å². The van der Waals surface area contributed by atoms with Crippen molar-refractivity contribution in [3.8, 4) is 5.69 Å². The third-order valence-corrected chi connectivity index (χ3v) is 4.03. The average Bonchev–Trinajstić information content (AvgIpc) is 3.03. The third-order valence-electron chi connectivity index (χ3n) is 4.03. The van der Waals surface area contributed by atoms with Crippen LogP contribution in [0.25, 0.3) is 5.69 Å². The molecule has 0 atom stereocenters. The minimum absolute atomic E-state index is 0.117. The molecule has 0 aliphatic rings. The van der Waals surface area contributed by atoms with Gasteiger partial charge in [-0.3, -0.25) is 9.59 Å². The predicted octanol–water partition coefficient (Wildman–Crippen LogP) is 3.13. The van der Waals surface area contributed by atoms with Gasteiger partial charge in [-0.1, -0.05) is 24.3 Å². The van der Waals surface area contributed by atoms with Crippen molar-refractivity contribution >= 4 is 17.5 Å². The number of carbonyl (C=O) groups is 2. The number of amides is 2. The number of rotatable bonds is 4. The van der Waals surface area contributed by atoms with Crippen molar-refractivity contribution in [1.82, 2.24) is 14.7 Å². The van der Waals surface area contributed by atoms with Gasteiger partial charge in [-0.15, -0.1) is 0 Å². The van der Waals surface area contributed by atoms with Crippen LogP contribution in [0.15, 0.2) is 60.8 Å². The Balaban J connectivity index is 1.82. The van der Waals surface area contributed by atoms with Gasteiger partial charge in [0.05, 0.1) is 23.1 Å². The lowest BCUT2D eigenvalue weighted by molar-refractivity contribution is 0.0827. The Morgan fingerprint density at radius 2 is 1.77 bits per heavy atom. The Kier molecular flexibility index (Phi) is 4.84. The summed E-state index contributed by atoms with van der Waals surface area (Å²) in [6.07, 6.45) is 1.55. The Hall–Kier alpha value is -3.41. The highest BCUT2D eigenvalue weighted by Gasteiger charge is 2.16. The average molecular weight is 348 g/mol. The van der Waals surface area contributed by atoms with E-state index in [-0.39, 0.29) is 11.8 Å². The fourth-order valence-corrected chi connectivity index (χ4v) is 2.65. The lowest BCUT2D eigenvalue weighted by atomic mass is 10.1. The zero-order valence-electron chi connectivity index (χ0n) is 14.9. The summed E-state index contributed by atoms with van der Waals surface area (Å²) in [7, 11) is 3.38. The molecule has 1 N–H and O–H groups in total. The van der Waals surface area contributed by atoms with Crippen molar-refractivity contribution in [2.24, 2.45) is 0 Å². The van der Waals surface area contributed by atoms with Crippen molar-refractivity contribution < 1.29 is 9.59 Å². The molecule has 26 heavy (non-hydrogen) atoms. The van der Waals surface area contributed by atoms with Crippen LogP contribution in [0.2, 0.25) is 0 Å². The van der Waals surface area contributed by atoms with Crippen LogP contribution in [0.5, 0.6) is 0 Å². The molecule has 0 saturated carbocycles. The largest absolute Gasteiger partial charge is 0.345 e. The van der Waals surface area contributed by atoms with E-state index in [1.807, 2.05) is 37.3 Å². The highest BCUT2D eigenvalue weighted by molar-refractivity contribution is 6.05. The van der Waals surface area contributed by atoms with Crippen LogP contribution in [0.4, 0.5) is 5.69 Å². The molecular weight excluding hydrogens is 328 g/mol. The molecule has 2 aromatic carbocycles. The van der Waals surface area contributed by atoms with Gasteiger partial charge in [-0.2, -0.15) is 5.10 Å². The normalized spacial score (nSPS) is 10.4. The molecule has 0 aliphatic heterocycles. The van der Waals surface area contributed by atoms with E-state index in [0.717, 1.165) is 11.4 Å². The molecule has 0 bridgehead atoms. The summed E-state index contributed by atoms with van der Waals surface area (Å²) in [5.41, 5.74) is 3.20. The summed E-state index contributed by atoms with van der Waals surface area (Å²) in [5, 5.41) is 7.15. The fraction of sp³-hybridized carbons (Fsp3) is 0.150. The summed E-state index contributed by atoms with van der Waals surface area (Å²) < 4.78 is 1.72. The van der Waals surface area contributed by atoms with Crippen LogP contribution in [-0.2, 0) is 0 Å². The molecule has 2 amide bonds. The number of hydrogen-bond donors (Lipinski definition) is 1. The molecule has 0 unspecified atom stereocenters. The molecule has 6 heteroatoms. The Bertz CT molecular complexity index is 945. The number of nitrogens with zero attached hydrogens (tertiary/aromatic N) is 3. The van der Waals surface area contributed by atoms with Gasteiger partial charge in [0, 0.05) is 25.3 Å². The maximum Gasteiger partial charge on any atom is 0.259 e. The molecule has 0 aliphatic carbocycles. The van der Waals surface area contributed by atoms with Crippen LogP contribution < -0.4 is 5.32 Å². The third kappa shape index (κ3) is 3.49. The topological polar surface area (TPSA) is 67.2 Å². The van der Waals surface area contributed by atoms with Gasteiger partial charge >= 0.3 is 0 Å². The van der Waals surface area contributed by atoms with Gasteiger partial charge in [-0.25, -0.2) is 4.68 Å². The molecule has 1 heterocycles. The monoisotopic (exact) mass is 348 g/mol. The highest BCUT2D eigenvalue weighted by atomic mass is 16.2. The number of hydrogen-bond acceptors (Lipinski definition) is 3. The first-order valence-electron chi connectivity index (χ1n) is 8.20. The molecule has 0 fully saturated rings. The minimum atomic E-state index is -0.265. The van der Waals surface area contributed by atoms with Gasteiger partial charge < -0.3 is 10.2 Å². The van der Waals surface area contributed by atoms with E-state index in [4.69, 9.17) is 0 Å². The van der Waals surface area contributed by atoms with Crippen molar-refractivity contribution in [2.45, 2.75) is 6.92 Å². The number of anilines is 1. The van der Waals surface area contributed by atoms with E-state index in [9.17, 15) is 9.59 Å². The van der Waals surface area contributed by atoms with E-state index < -0.39 is 0 Å². The zero-order valence-corrected chi connectivity index (χ0v) is 14.9. The molecule has 132 valence electrons. The molecule has 0 radical (unpaired) electrons. The number of benzene rings is 2. The lowest BCUT2D eigenvalue weighted by Crippen LogP contribution is -2.22. The summed E-state index contributed by atoms with van der Waals surface area (Å²) in [4.78, 5) is 26.2. The quantitative estimate of drug-likeness (QED) is 0.788. The second kappa shape index (κ2) is 7.23. The summed E-state index contributed by atoms with van der Waals surface area (Å²) in [6, 6.07) is 16.5. The fourth-order valence-electron chi connectivity index (χ4n) is 2.65. The van der Waals surface area contributed by atoms with Gasteiger partial charge in [0.25, 0.3) is 11.8 Å². The summed E-state index contributed by atoms with van der Waals surface area (Å²) >= 11 is 0. The van der Waals surface area contributed by atoms with Crippen LogP contribution in [0.1, 0.15) is 26.4 Å². The summed E-state index contributed by atoms with van der Waals surface area (Å²) in [6.45, 7) is 1.85. The predicted molar refractivity (Wildman–Crippen MR) is 101 cm³/mol. The molecule has 0 saturated heterocycles. The van der Waals surface area contributed by atoms with Crippen molar-refractivity contribution in [1.29, 1.82) is 0 Å². The van der Waals surface area contributed by atoms with Crippen LogP contribution in [-0.4, -0.2) is 40.6 Å². The van der Waals surface area contributed by atoms with Crippen LogP contribution in [0, 0.1) is 6.92 Å². The lowest BCUT2D eigenvalue weighted by Gasteiger charge is -2.11. The van der Waals surface area contributed by atoms with Gasteiger partial charge in [0.2, 0.25) is 0 Å². The Morgan fingerprint density at radius 1 is 1.04 bits per heavy atom. The SMILES string of the molecule is Cc1c(C(=O)Nc2cccc(C(=O)N(C)C)c2)cnn1-c1ccccc1. The van der Waals surface area contributed by atoms with E-state index in [0.29, 0.717) is 16.8 Å². The van der Waals surface area contributed by atoms with E-state index in [1.54, 1.807) is 49.2 Å². The summed E-state index contributed by atoms with van der Waals surface area (Å²) in [5.74, 6) is -0.381. The van der Waals surface area contributed by atoms with Gasteiger partial charge in [0.1, 0.15) is 0 Å². The number of carbonyl (C=O) groups excluding carboxylic acids is 2. The van der Waals surface area contributed by atoms with Crippen molar-refractivity contribution in [2.75, 3.05) is 19.4 Å². The number of aromatic nitrogens is 2. The van der Waals surface area contributed by atoms with Crippen LogP contribution in [0.3, 0.4) is 0 Å². The smallest absolute Gasteiger partial charge is 0.259 e. The van der Waals surface area contributed by atoms with E-state index >= 15 is 0 Å². The second-order valence-electron chi connectivity index (χ2n) is 6.13. The Labute approximate surface area is 152 Å². The number of para-hydroxylation sites is 1. The molecule has 6 nitrogen and oxygen atoms in total. The maximum absolute atomic E-state index is 12.6. The second-order valence-corrected chi connectivity index (χ2v) is 6.13. The molecule has 0 spiro atoms. The first kappa shape index (κ1) is 17.4. The molecular formula is C20H20N4O2. The van der Waals surface area contributed by atoms with E-state index in [1.165, 1.54) is 4.90 Å². The number of nitrogens with one attached hydrogen (secondary N) is 1. The molecule has 3 aromatic rings. The zero-order chi connectivity index (χ0) is 18.7. The van der Waals surface area contributed by atoms with Gasteiger partial charge in [0.15, 0.2) is 0 Å². The molecule has 3 rings (SSSR count). The van der Waals surface area contributed by atoms with E-state index in [2.05, 4.69) is 10.4 Å². The minimum Gasteiger partial charge on any atom is -0.345 e.